The first-order valence-corrected chi connectivity index (χ1v) is 13.8. The summed E-state index contributed by atoms with van der Waals surface area (Å²) in [6.07, 6.45) is -1.50. The Hall–Kier alpha value is -3.68. The van der Waals surface area contributed by atoms with Crippen LogP contribution in [-0.4, -0.2) is 80.0 Å². The summed E-state index contributed by atoms with van der Waals surface area (Å²) < 4.78 is 16.5. The number of carbonyl (C=O) groups is 5. The first-order valence-electron chi connectivity index (χ1n) is 12.6. The number of rotatable bonds is 12. The second-order valence-corrected chi connectivity index (χ2v) is 10.8. The summed E-state index contributed by atoms with van der Waals surface area (Å²) in [6.45, 7) is 1.17. The van der Waals surface area contributed by atoms with Crippen LogP contribution in [0.2, 0.25) is 4.34 Å². The number of cyclic esters (lactones) is 1. The van der Waals surface area contributed by atoms with Crippen molar-refractivity contribution in [3.05, 3.63) is 45.6 Å². The average molecular weight is 594 g/mol. The second kappa shape index (κ2) is 13.6. The van der Waals surface area contributed by atoms with Crippen molar-refractivity contribution in [1.82, 2.24) is 5.32 Å². The number of thiophene rings is 1. The number of halogens is 1. The number of nitrogens with zero attached hydrogens (tertiary/aromatic N) is 2. The van der Waals surface area contributed by atoms with E-state index in [0.29, 0.717) is 46.6 Å². The highest BCUT2D eigenvalue weighted by Crippen LogP contribution is 2.27. The molecule has 1 aromatic carbocycles. The van der Waals surface area contributed by atoms with E-state index in [1.165, 1.54) is 4.90 Å². The highest BCUT2D eigenvalue weighted by atomic mass is 35.5. The van der Waals surface area contributed by atoms with Gasteiger partial charge in [0.25, 0.3) is 11.8 Å². The number of benzene rings is 1. The van der Waals surface area contributed by atoms with E-state index < -0.39 is 30.2 Å². The van der Waals surface area contributed by atoms with E-state index in [2.05, 4.69) is 5.32 Å². The molecule has 2 aliphatic heterocycles. The molecule has 12 nitrogen and oxygen atoms in total. The van der Waals surface area contributed by atoms with Crippen LogP contribution in [0.3, 0.4) is 0 Å². The highest BCUT2D eigenvalue weighted by molar-refractivity contribution is 7.18. The molecule has 1 aromatic heterocycles. The Kier molecular flexibility index (Phi) is 9.96. The van der Waals surface area contributed by atoms with Gasteiger partial charge < -0.3 is 29.5 Å². The van der Waals surface area contributed by atoms with Crippen LogP contribution in [0.5, 0.6) is 0 Å². The van der Waals surface area contributed by atoms with Gasteiger partial charge in [0.05, 0.1) is 48.4 Å². The number of ether oxygens (including phenoxy) is 3. The Labute approximate surface area is 238 Å². The molecule has 0 saturated carbocycles. The number of carboxylic acid groups (broad SMARTS) is 1. The molecule has 3 heterocycles. The standard InChI is InChI=1S/C26H28ClN3O9S/c27-21-8-7-20(40-21)24(34)28-14-18-15-30(26(36)39-18)17-5-3-16(4-6-17)29-11-13-37-19(25(29)35)2-1-12-38-23(33)10-9-22(31)32/h3-8,18-19H,1-2,9-15H2,(H,28,34)(H,31,32)/t18-,19?/m0/s1. The van der Waals surface area contributed by atoms with Crippen molar-refractivity contribution >= 4 is 64.2 Å². The minimum atomic E-state index is -1.07. The van der Waals surface area contributed by atoms with Gasteiger partial charge in [0.1, 0.15) is 12.2 Å². The molecule has 0 aliphatic carbocycles. The largest absolute Gasteiger partial charge is 0.481 e. The minimum absolute atomic E-state index is 0.0687. The van der Waals surface area contributed by atoms with Gasteiger partial charge in [-0.3, -0.25) is 24.1 Å². The number of carboxylic acids is 1. The molecule has 4 rings (SSSR count). The molecule has 1 unspecified atom stereocenters. The summed E-state index contributed by atoms with van der Waals surface area (Å²) in [5.74, 6) is -2.18. The van der Waals surface area contributed by atoms with E-state index in [0.717, 1.165) is 11.3 Å². The summed E-state index contributed by atoms with van der Waals surface area (Å²) in [5, 5.41) is 11.4. The van der Waals surface area contributed by atoms with E-state index in [1.54, 1.807) is 41.3 Å². The van der Waals surface area contributed by atoms with Gasteiger partial charge in [-0.25, -0.2) is 4.79 Å². The van der Waals surface area contributed by atoms with Gasteiger partial charge in [-0.2, -0.15) is 0 Å². The molecule has 2 atom stereocenters. The SMILES string of the molecule is O=C(O)CCC(=O)OCCCC1OCCN(c2ccc(N3C[C@H](CNC(=O)c4ccc(Cl)s4)OC3=O)cc2)C1=O. The normalized spacial score (nSPS) is 18.9. The Morgan fingerprint density at radius 1 is 1.07 bits per heavy atom. The van der Waals surface area contributed by atoms with Crippen LogP contribution in [0.1, 0.15) is 35.4 Å². The van der Waals surface area contributed by atoms with Gasteiger partial charge in [-0.05, 0) is 49.2 Å². The van der Waals surface area contributed by atoms with Crippen molar-refractivity contribution in [2.24, 2.45) is 0 Å². The maximum absolute atomic E-state index is 13.0. The number of hydrogen-bond acceptors (Lipinski definition) is 9. The van der Waals surface area contributed by atoms with Crippen LogP contribution in [0.25, 0.3) is 0 Å². The molecule has 14 heteroatoms. The maximum atomic E-state index is 13.0. The molecular weight excluding hydrogens is 566 g/mol. The van der Waals surface area contributed by atoms with Crippen LogP contribution >= 0.6 is 22.9 Å². The van der Waals surface area contributed by atoms with Crippen molar-refractivity contribution < 1.29 is 43.3 Å². The quantitative estimate of drug-likeness (QED) is 0.279. The van der Waals surface area contributed by atoms with E-state index in [4.69, 9.17) is 30.9 Å². The summed E-state index contributed by atoms with van der Waals surface area (Å²) in [7, 11) is 0. The van der Waals surface area contributed by atoms with Crippen LogP contribution in [0, 0.1) is 0 Å². The minimum Gasteiger partial charge on any atom is -0.481 e. The Balaban J connectivity index is 1.25. The van der Waals surface area contributed by atoms with Gasteiger partial charge in [-0.15, -0.1) is 11.3 Å². The van der Waals surface area contributed by atoms with Gasteiger partial charge in [0, 0.05) is 17.9 Å². The molecular formula is C26H28ClN3O9S. The van der Waals surface area contributed by atoms with Crippen LogP contribution < -0.4 is 15.1 Å². The number of aliphatic carboxylic acids is 1. The smallest absolute Gasteiger partial charge is 0.414 e. The first-order chi connectivity index (χ1) is 19.2. The van der Waals surface area contributed by atoms with Gasteiger partial charge in [-0.1, -0.05) is 11.6 Å². The topological polar surface area (TPSA) is 152 Å². The molecule has 0 radical (unpaired) electrons. The molecule has 2 saturated heterocycles. The van der Waals surface area contributed by atoms with E-state index in [1.807, 2.05) is 0 Å². The highest BCUT2D eigenvalue weighted by Gasteiger charge is 2.34. The van der Waals surface area contributed by atoms with Crippen LogP contribution in [-0.2, 0) is 28.6 Å². The number of amides is 3. The summed E-state index contributed by atoms with van der Waals surface area (Å²) >= 11 is 7.03. The zero-order valence-corrected chi connectivity index (χ0v) is 22.9. The first kappa shape index (κ1) is 29.3. The van der Waals surface area contributed by atoms with Gasteiger partial charge in [0.2, 0.25) is 0 Å². The lowest BCUT2D eigenvalue weighted by Crippen LogP contribution is -2.48. The fourth-order valence-electron chi connectivity index (χ4n) is 4.22. The number of nitrogens with one attached hydrogen (secondary N) is 1. The molecule has 2 aromatic rings. The Morgan fingerprint density at radius 2 is 1.80 bits per heavy atom. The van der Waals surface area contributed by atoms with Crippen molar-refractivity contribution in [3.8, 4) is 0 Å². The molecule has 3 amide bonds. The van der Waals surface area contributed by atoms with Crippen molar-refractivity contribution in [3.63, 3.8) is 0 Å². The molecule has 2 aliphatic rings. The summed E-state index contributed by atoms with van der Waals surface area (Å²) in [6, 6.07) is 10.2. The Bertz CT molecular complexity index is 1250. The molecule has 2 fully saturated rings. The van der Waals surface area contributed by atoms with E-state index >= 15 is 0 Å². The van der Waals surface area contributed by atoms with Crippen molar-refractivity contribution in [1.29, 1.82) is 0 Å². The second-order valence-electron chi connectivity index (χ2n) is 9.05. The number of carbonyl (C=O) groups excluding carboxylic acids is 4. The van der Waals surface area contributed by atoms with Gasteiger partial charge in [0.15, 0.2) is 0 Å². The predicted molar refractivity (Wildman–Crippen MR) is 145 cm³/mol. The van der Waals surface area contributed by atoms with Crippen LogP contribution in [0.15, 0.2) is 36.4 Å². The van der Waals surface area contributed by atoms with Crippen molar-refractivity contribution in [2.45, 2.75) is 37.9 Å². The van der Waals surface area contributed by atoms with Crippen molar-refractivity contribution in [2.75, 3.05) is 42.6 Å². The lowest BCUT2D eigenvalue weighted by Gasteiger charge is -2.32. The maximum Gasteiger partial charge on any atom is 0.414 e. The van der Waals surface area contributed by atoms with E-state index in [9.17, 15) is 24.0 Å². The number of anilines is 2. The predicted octanol–water partition coefficient (Wildman–Crippen LogP) is 3.08. The Morgan fingerprint density at radius 3 is 2.48 bits per heavy atom. The lowest BCUT2D eigenvalue weighted by atomic mass is 10.1. The summed E-state index contributed by atoms with van der Waals surface area (Å²) in [4.78, 5) is 63.3. The zero-order valence-electron chi connectivity index (χ0n) is 21.4. The third kappa shape index (κ3) is 7.71. The fraction of sp³-hybridized carbons (Fsp3) is 0.423. The molecule has 0 spiro atoms. The third-order valence-electron chi connectivity index (χ3n) is 6.23. The lowest BCUT2D eigenvalue weighted by molar-refractivity contribution is -0.148. The van der Waals surface area contributed by atoms with Crippen LogP contribution in [0.4, 0.5) is 16.2 Å². The molecule has 2 N–H and O–H groups in total. The fourth-order valence-corrected chi connectivity index (χ4v) is 5.18. The number of esters is 1. The molecule has 40 heavy (non-hydrogen) atoms. The monoisotopic (exact) mass is 593 g/mol. The molecule has 214 valence electrons. The van der Waals surface area contributed by atoms with Gasteiger partial charge >= 0.3 is 18.0 Å². The number of hydrogen-bond donors (Lipinski definition) is 2. The van der Waals surface area contributed by atoms with E-state index in [-0.39, 0.29) is 44.4 Å². The average Bonchev–Trinajstić information content (AvgIpc) is 3.54. The zero-order chi connectivity index (χ0) is 28.6. The number of morpholine rings is 1. The third-order valence-corrected chi connectivity index (χ3v) is 7.46. The molecule has 0 bridgehead atoms. The summed E-state index contributed by atoms with van der Waals surface area (Å²) in [5.41, 5.74) is 1.24.